The van der Waals surface area contributed by atoms with Crippen LogP contribution in [0.4, 0.5) is 13.2 Å². The summed E-state index contributed by atoms with van der Waals surface area (Å²) in [6, 6.07) is 12.6. The number of halogens is 6. The predicted molar refractivity (Wildman–Crippen MR) is 133 cm³/mol. The third-order valence-electron chi connectivity index (χ3n) is 4.56. The number of hydrogen-bond donors (Lipinski definition) is 1. The highest BCUT2D eigenvalue weighted by Crippen LogP contribution is 2.34. The van der Waals surface area contributed by atoms with Gasteiger partial charge in [0.05, 0.1) is 28.4 Å². The van der Waals surface area contributed by atoms with Crippen LogP contribution in [0.3, 0.4) is 0 Å². The molecule has 3 aromatic carbocycles. The lowest BCUT2D eigenvalue weighted by Gasteiger charge is -2.14. The molecule has 0 spiro atoms. The van der Waals surface area contributed by atoms with Crippen molar-refractivity contribution in [2.24, 2.45) is 5.10 Å². The Kier molecular flexibility index (Phi) is 9.04. The number of nitrogens with one attached hydrogen (secondary N) is 1. The van der Waals surface area contributed by atoms with E-state index in [4.69, 9.17) is 32.7 Å². The Morgan fingerprint density at radius 2 is 1.80 bits per heavy atom. The van der Waals surface area contributed by atoms with Crippen LogP contribution in [0.2, 0.25) is 10.0 Å². The van der Waals surface area contributed by atoms with Crippen LogP contribution in [0.15, 0.2) is 64.2 Å². The Morgan fingerprint density at radius 3 is 2.49 bits per heavy atom. The molecule has 1 N–H and O–H groups in total. The van der Waals surface area contributed by atoms with Gasteiger partial charge in [-0.2, -0.15) is 18.3 Å². The number of carbonyl (C=O) groups is 1. The highest BCUT2D eigenvalue weighted by Gasteiger charge is 2.30. The third-order valence-corrected chi connectivity index (χ3v) is 5.99. The van der Waals surface area contributed by atoms with Gasteiger partial charge >= 0.3 is 6.18 Å². The summed E-state index contributed by atoms with van der Waals surface area (Å²) in [6.07, 6.45) is -3.22. The average molecular weight is 590 g/mol. The molecule has 3 rings (SSSR count). The number of nitrogens with zero attached hydrogens (tertiary/aromatic N) is 1. The first-order chi connectivity index (χ1) is 16.6. The van der Waals surface area contributed by atoms with Gasteiger partial charge in [-0.25, -0.2) is 5.43 Å². The van der Waals surface area contributed by atoms with E-state index >= 15 is 0 Å². The fraction of sp³-hybridized carbons (Fsp3) is 0.167. The van der Waals surface area contributed by atoms with Crippen LogP contribution in [0, 0.1) is 0 Å². The number of hydrogen-bond acceptors (Lipinski definition) is 4. The van der Waals surface area contributed by atoms with Gasteiger partial charge in [-0.1, -0.05) is 35.3 Å². The molecule has 0 atom stereocenters. The Bertz CT molecular complexity index is 1250. The van der Waals surface area contributed by atoms with E-state index in [0.717, 1.165) is 23.8 Å². The van der Waals surface area contributed by atoms with Gasteiger partial charge in [-0.15, -0.1) is 0 Å². The molecule has 0 aliphatic rings. The maximum Gasteiger partial charge on any atom is 0.416 e. The lowest BCUT2D eigenvalue weighted by molar-refractivity contribution is -0.137. The molecule has 0 unspecified atom stereocenters. The lowest BCUT2D eigenvalue weighted by Crippen LogP contribution is -2.18. The molecule has 0 radical (unpaired) electrons. The fourth-order valence-electron chi connectivity index (χ4n) is 2.88. The second-order valence-corrected chi connectivity index (χ2v) is 8.74. The molecule has 35 heavy (non-hydrogen) atoms. The summed E-state index contributed by atoms with van der Waals surface area (Å²) in [4.78, 5) is 12.2. The Hall–Kier alpha value is -2.75. The quantitative estimate of drug-likeness (QED) is 0.218. The van der Waals surface area contributed by atoms with Crippen molar-refractivity contribution in [2.75, 3.05) is 6.61 Å². The fourth-order valence-corrected chi connectivity index (χ4v) is 3.63. The van der Waals surface area contributed by atoms with E-state index in [1.54, 1.807) is 30.3 Å². The summed E-state index contributed by atoms with van der Waals surface area (Å²) in [6.45, 7) is 2.39. The first-order valence-corrected chi connectivity index (χ1v) is 11.7. The van der Waals surface area contributed by atoms with Crippen LogP contribution in [0.5, 0.6) is 11.5 Å². The maximum absolute atomic E-state index is 12.9. The molecule has 0 aliphatic heterocycles. The minimum atomic E-state index is -4.55. The molecule has 184 valence electrons. The molecule has 0 fully saturated rings. The van der Waals surface area contributed by atoms with E-state index in [-0.39, 0.29) is 12.2 Å². The van der Waals surface area contributed by atoms with Crippen LogP contribution in [-0.4, -0.2) is 18.7 Å². The molecule has 11 heteroatoms. The van der Waals surface area contributed by atoms with E-state index in [2.05, 4.69) is 26.5 Å². The Balaban J connectivity index is 1.73. The van der Waals surface area contributed by atoms with Crippen molar-refractivity contribution in [3.05, 3.63) is 91.4 Å². The van der Waals surface area contributed by atoms with Crippen molar-refractivity contribution in [3.63, 3.8) is 0 Å². The average Bonchev–Trinajstić information content (AvgIpc) is 2.81. The van der Waals surface area contributed by atoms with Crippen LogP contribution in [-0.2, 0) is 12.8 Å². The number of amides is 1. The zero-order chi connectivity index (χ0) is 25.6. The Morgan fingerprint density at radius 1 is 1.06 bits per heavy atom. The number of hydrazone groups is 1. The summed E-state index contributed by atoms with van der Waals surface area (Å²) in [7, 11) is 0. The first kappa shape index (κ1) is 26.8. The molecule has 3 aromatic rings. The Labute approximate surface area is 218 Å². The van der Waals surface area contributed by atoms with Crippen LogP contribution in [0.1, 0.15) is 34.0 Å². The van der Waals surface area contributed by atoms with Gasteiger partial charge in [0.25, 0.3) is 5.91 Å². The molecule has 5 nitrogen and oxygen atoms in total. The van der Waals surface area contributed by atoms with Gasteiger partial charge in [0.15, 0.2) is 11.5 Å². The number of carbonyl (C=O) groups excluding carboxylic acids is 1. The summed E-state index contributed by atoms with van der Waals surface area (Å²) < 4.78 is 50.7. The predicted octanol–water partition coefficient (Wildman–Crippen LogP) is 7.52. The van der Waals surface area contributed by atoms with E-state index in [9.17, 15) is 18.0 Å². The molecule has 0 aliphatic carbocycles. The van der Waals surface area contributed by atoms with Gasteiger partial charge in [0, 0.05) is 15.6 Å². The largest absolute Gasteiger partial charge is 0.490 e. The van der Waals surface area contributed by atoms with Crippen molar-refractivity contribution < 1.29 is 27.4 Å². The normalized spacial score (nSPS) is 11.5. The summed E-state index contributed by atoms with van der Waals surface area (Å²) >= 11 is 15.4. The van der Waals surface area contributed by atoms with E-state index in [0.29, 0.717) is 38.2 Å². The first-order valence-electron chi connectivity index (χ1n) is 10.1. The van der Waals surface area contributed by atoms with Crippen molar-refractivity contribution in [1.82, 2.24) is 5.43 Å². The van der Waals surface area contributed by atoms with Crippen molar-refractivity contribution in [2.45, 2.75) is 19.7 Å². The number of alkyl halides is 3. The smallest absolute Gasteiger partial charge is 0.416 e. The minimum absolute atomic E-state index is 0.169. The van der Waals surface area contributed by atoms with Gasteiger partial charge in [0.1, 0.15) is 6.61 Å². The van der Waals surface area contributed by atoms with Crippen LogP contribution < -0.4 is 14.9 Å². The van der Waals surface area contributed by atoms with Crippen LogP contribution in [0.25, 0.3) is 0 Å². The van der Waals surface area contributed by atoms with E-state index < -0.39 is 17.6 Å². The molecular formula is C24H18BrCl2F3N2O3. The molecule has 0 bridgehead atoms. The second-order valence-electron chi connectivity index (χ2n) is 7.07. The number of benzene rings is 3. The summed E-state index contributed by atoms with van der Waals surface area (Å²) in [5.41, 5.74) is 2.48. The van der Waals surface area contributed by atoms with E-state index in [1.807, 2.05) is 6.92 Å². The third kappa shape index (κ3) is 7.37. The van der Waals surface area contributed by atoms with Gasteiger partial charge in [0.2, 0.25) is 0 Å². The van der Waals surface area contributed by atoms with E-state index in [1.165, 1.54) is 12.3 Å². The lowest BCUT2D eigenvalue weighted by atomic mass is 10.1. The van der Waals surface area contributed by atoms with Crippen molar-refractivity contribution >= 4 is 51.3 Å². The SMILES string of the molecule is CCOc1cc(/C=N\NC(=O)c2cccc(C(F)(F)F)c2)c(Br)cc1OCc1ccc(Cl)c(Cl)c1. The molecule has 1 amide bonds. The maximum atomic E-state index is 12.9. The van der Waals surface area contributed by atoms with Crippen molar-refractivity contribution in [1.29, 1.82) is 0 Å². The molecule has 0 heterocycles. The second kappa shape index (κ2) is 11.8. The van der Waals surface area contributed by atoms with Gasteiger partial charge < -0.3 is 9.47 Å². The summed E-state index contributed by atoms with van der Waals surface area (Å²) in [5.74, 6) is 0.103. The highest BCUT2D eigenvalue weighted by molar-refractivity contribution is 9.10. The van der Waals surface area contributed by atoms with Gasteiger partial charge in [-0.05, 0) is 70.9 Å². The van der Waals surface area contributed by atoms with Gasteiger partial charge in [-0.3, -0.25) is 4.79 Å². The highest BCUT2D eigenvalue weighted by atomic mass is 79.9. The number of rotatable bonds is 8. The van der Waals surface area contributed by atoms with Crippen molar-refractivity contribution in [3.8, 4) is 11.5 Å². The standard InChI is InChI=1S/C24H18BrCl2F3N2O3/c1-2-34-21-10-16(12-31-32-23(33)15-4-3-5-17(9-15)24(28,29)30)18(25)11-22(21)35-13-14-6-7-19(26)20(27)8-14/h3-12H,2,13H2,1H3,(H,32,33)/b31-12-. The molecule has 0 saturated heterocycles. The topological polar surface area (TPSA) is 59.9 Å². The minimum Gasteiger partial charge on any atom is -0.490 e. The molecule has 0 aromatic heterocycles. The van der Waals surface area contributed by atoms with Crippen LogP contribution >= 0.6 is 39.1 Å². The molecule has 0 saturated carbocycles. The zero-order valence-corrected chi connectivity index (χ0v) is 21.2. The molecular weight excluding hydrogens is 572 g/mol. The zero-order valence-electron chi connectivity index (χ0n) is 18.1. The monoisotopic (exact) mass is 588 g/mol. The number of ether oxygens (including phenoxy) is 2. The summed E-state index contributed by atoms with van der Waals surface area (Å²) in [5, 5.41) is 4.71.